The van der Waals surface area contributed by atoms with Crippen LogP contribution in [0, 0.1) is 19.8 Å². The molecule has 0 unspecified atom stereocenters. The lowest BCUT2D eigenvalue weighted by atomic mass is 10.1. The van der Waals surface area contributed by atoms with Crippen molar-refractivity contribution < 1.29 is 19.4 Å². The van der Waals surface area contributed by atoms with Gasteiger partial charge in [-0.25, -0.2) is 0 Å². The highest BCUT2D eigenvalue weighted by molar-refractivity contribution is 5.83. The lowest BCUT2D eigenvalue weighted by molar-refractivity contribution is -0.309. The summed E-state index contributed by atoms with van der Waals surface area (Å²) in [5.74, 6) is -1.40. The number of aliphatic carboxylic acids is 1. The van der Waals surface area contributed by atoms with E-state index in [1.165, 1.54) is 0 Å². The number of hydrogen-bond acceptors (Lipinski definition) is 4. The number of carboxylic acids is 1. The van der Waals surface area contributed by atoms with Gasteiger partial charge in [0.15, 0.2) is 6.61 Å². The third kappa shape index (κ3) is 4.57. The third-order valence-corrected chi connectivity index (χ3v) is 2.93. The Bertz CT molecular complexity index is 497. The molecule has 0 aromatic heterocycles. The molecule has 0 spiro atoms. The molecule has 20 heavy (non-hydrogen) atoms. The molecule has 1 atom stereocenters. The lowest BCUT2D eigenvalue weighted by Gasteiger charge is -2.23. The van der Waals surface area contributed by atoms with E-state index in [0.717, 1.165) is 11.1 Å². The number of ether oxygens (including phenoxy) is 1. The van der Waals surface area contributed by atoms with Crippen LogP contribution in [-0.2, 0) is 9.59 Å². The van der Waals surface area contributed by atoms with E-state index in [4.69, 9.17) is 4.74 Å². The van der Waals surface area contributed by atoms with Gasteiger partial charge in [0.05, 0.1) is 12.0 Å². The zero-order valence-electron chi connectivity index (χ0n) is 12.2. The molecule has 5 heteroatoms. The Kier molecular flexibility index (Phi) is 5.55. The maximum absolute atomic E-state index is 11.7. The summed E-state index contributed by atoms with van der Waals surface area (Å²) < 4.78 is 5.39. The van der Waals surface area contributed by atoms with Crippen LogP contribution in [0.15, 0.2) is 18.2 Å². The Morgan fingerprint density at radius 1 is 1.30 bits per heavy atom. The summed E-state index contributed by atoms with van der Waals surface area (Å²) >= 11 is 0. The monoisotopic (exact) mass is 278 g/mol. The molecule has 0 bridgehead atoms. The summed E-state index contributed by atoms with van der Waals surface area (Å²) in [5, 5.41) is 13.3. The highest BCUT2D eigenvalue weighted by atomic mass is 16.5. The quantitative estimate of drug-likeness (QED) is 0.825. The Morgan fingerprint density at radius 2 is 1.95 bits per heavy atom. The predicted molar refractivity (Wildman–Crippen MR) is 73.2 cm³/mol. The molecule has 5 nitrogen and oxygen atoms in total. The Labute approximate surface area is 118 Å². The van der Waals surface area contributed by atoms with Crippen LogP contribution < -0.4 is 15.2 Å². The minimum atomic E-state index is -1.29. The number of carbonyl (C=O) groups excluding carboxylic acids is 2. The summed E-state index contributed by atoms with van der Waals surface area (Å²) in [6.45, 7) is 7.03. The largest absolute Gasteiger partial charge is 0.548 e. The molecule has 1 rings (SSSR count). The third-order valence-electron chi connectivity index (χ3n) is 2.93. The molecule has 1 N–H and O–H groups in total. The van der Waals surface area contributed by atoms with Crippen LogP contribution in [0.5, 0.6) is 5.75 Å². The highest BCUT2D eigenvalue weighted by Gasteiger charge is 2.17. The maximum atomic E-state index is 11.7. The number of carboxylic acid groups (broad SMARTS) is 1. The average molecular weight is 278 g/mol. The van der Waals surface area contributed by atoms with Crippen LogP contribution in [0.1, 0.15) is 25.0 Å². The lowest BCUT2D eigenvalue weighted by Crippen LogP contribution is -2.51. The topological polar surface area (TPSA) is 78.5 Å². The predicted octanol–water partition coefficient (Wildman–Crippen LogP) is 0.573. The molecule has 0 aliphatic rings. The van der Waals surface area contributed by atoms with Gasteiger partial charge in [0.2, 0.25) is 0 Å². The number of benzene rings is 1. The first-order valence-corrected chi connectivity index (χ1v) is 6.51. The van der Waals surface area contributed by atoms with E-state index in [1.807, 2.05) is 26.0 Å². The van der Waals surface area contributed by atoms with Crippen LogP contribution >= 0.6 is 0 Å². The standard InChI is InChI=1S/C15H21NO4/c1-9(2)14(15(18)19)16-13(17)8-20-12-6-5-10(3)7-11(12)4/h5-7,9,14H,8H2,1-4H3,(H,16,17)(H,18,19)/p-1/t14-/m1/s1. The average Bonchev–Trinajstić information content (AvgIpc) is 2.34. The number of carbonyl (C=O) groups is 2. The Balaban J connectivity index is 2.57. The fourth-order valence-electron chi connectivity index (χ4n) is 1.82. The number of rotatable bonds is 6. The van der Waals surface area contributed by atoms with Crippen molar-refractivity contribution in [1.82, 2.24) is 5.32 Å². The van der Waals surface area contributed by atoms with Crippen molar-refractivity contribution >= 4 is 11.9 Å². The first kappa shape index (κ1) is 16.0. The molecule has 0 saturated heterocycles. The van der Waals surface area contributed by atoms with E-state index in [1.54, 1.807) is 19.9 Å². The van der Waals surface area contributed by atoms with Crippen LogP contribution in [0.3, 0.4) is 0 Å². The summed E-state index contributed by atoms with van der Waals surface area (Å²) in [6, 6.07) is 4.62. The van der Waals surface area contributed by atoms with E-state index in [-0.39, 0.29) is 12.5 Å². The van der Waals surface area contributed by atoms with Gasteiger partial charge in [0.1, 0.15) is 5.75 Å². The van der Waals surface area contributed by atoms with Gasteiger partial charge in [0, 0.05) is 0 Å². The summed E-state index contributed by atoms with van der Waals surface area (Å²) in [5.41, 5.74) is 2.04. The molecule has 0 heterocycles. The molecule has 1 aromatic carbocycles. The first-order chi connectivity index (χ1) is 9.31. The van der Waals surface area contributed by atoms with Gasteiger partial charge in [-0.05, 0) is 31.4 Å². The van der Waals surface area contributed by atoms with Crippen molar-refractivity contribution in [2.75, 3.05) is 6.61 Å². The van der Waals surface area contributed by atoms with Crippen LogP contribution in [0.25, 0.3) is 0 Å². The molecular formula is C15H20NO4-. The molecule has 0 aliphatic heterocycles. The normalized spacial score (nSPS) is 12.1. The van der Waals surface area contributed by atoms with Gasteiger partial charge < -0.3 is 20.0 Å². The van der Waals surface area contributed by atoms with Crippen molar-refractivity contribution in [2.45, 2.75) is 33.7 Å². The molecule has 0 saturated carbocycles. The van der Waals surface area contributed by atoms with Crippen LogP contribution in [0.4, 0.5) is 0 Å². The SMILES string of the molecule is Cc1ccc(OCC(=O)N[C@@H](C(=O)[O-])C(C)C)c(C)c1. The van der Waals surface area contributed by atoms with Gasteiger partial charge in [-0.1, -0.05) is 31.5 Å². The minimum absolute atomic E-state index is 0.222. The van der Waals surface area contributed by atoms with Gasteiger partial charge in [-0.2, -0.15) is 0 Å². The van der Waals surface area contributed by atoms with Gasteiger partial charge in [-0.3, -0.25) is 4.79 Å². The molecular weight excluding hydrogens is 258 g/mol. The van der Waals surface area contributed by atoms with E-state index in [0.29, 0.717) is 5.75 Å². The fourth-order valence-corrected chi connectivity index (χ4v) is 1.82. The van der Waals surface area contributed by atoms with E-state index in [2.05, 4.69) is 5.32 Å². The second kappa shape index (κ2) is 6.93. The van der Waals surface area contributed by atoms with Crippen molar-refractivity contribution in [3.8, 4) is 5.75 Å². The molecule has 1 amide bonds. The number of amides is 1. The first-order valence-electron chi connectivity index (χ1n) is 6.51. The number of hydrogen-bond donors (Lipinski definition) is 1. The highest BCUT2D eigenvalue weighted by Crippen LogP contribution is 2.18. The van der Waals surface area contributed by atoms with Crippen molar-refractivity contribution in [1.29, 1.82) is 0 Å². The van der Waals surface area contributed by atoms with Crippen molar-refractivity contribution in [2.24, 2.45) is 5.92 Å². The molecule has 0 aliphatic carbocycles. The van der Waals surface area contributed by atoms with E-state index >= 15 is 0 Å². The zero-order chi connectivity index (χ0) is 15.3. The van der Waals surface area contributed by atoms with E-state index < -0.39 is 17.9 Å². The maximum Gasteiger partial charge on any atom is 0.258 e. The Morgan fingerprint density at radius 3 is 2.45 bits per heavy atom. The second-order valence-corrected chi connectivity index (χ2v) is 5.17. The zero-order valence-corrected chi connectivity index (χ0v) is 12.2. The van der Waals surface area contributed by atoms with Crippen LogP contribution in [0.2, 0.25) is 0 Å². The molecule has 0 radical (unpaired) electrons. The number of aryl methyl sites for hydroxylation is 2. The Hall–Kier alpha value is -2.04. The fraction of sp³-hybridized carbons (Fsp3) is 0.467. The molecule has 0 fully saturated rings. The number of nitrogens with one attached hydrogen (secondary N) is 1. The summed E-state index contributed by atoms with van der Waals surface area (Å²) in [4.78, 5) is 22.6. The minimum Gasteiger partial charge on any atom is -0.548 e. The summed E-state index contributed by atoms with van der Waals surface area (Å²) in [6.07, 6.45) is 0. The smallest absolute Gasteiger partial charge is 0.258 e. The second-order valence-electron chi connectivity index (χ2n) is 5.17. The van der Waals surface area contributed by atoms with Gasteiger partial charge in [-0.15, -0.1) is 0 Å². The van der Waals surface area contributed by atoms with Crippen LogP contribution in [-0.4, -0.2) is 24.5 Å². The van der Waals surface area contributed by atoms with Crippen molar-refractivity contribution in [3.63, 3.8) is 0 Å². The van der Waals surface area contributed by atoms with E-state index in [9.17, 15) is 14.7 Å². The van der Waals surface area contributed by atoms with Crippen molar-refractivity contribution in [3.05, 3.63) is 29.3 Å². The van der Waals surface area contributed by atoms with Gasteiger partial charge in [0.25, 0.3) is 5.91 Å². The summed E-state index contributed by atoms with van der Waals surface area (Å²) in [7, 11) is 0. The molecule has 1 aromatic rings. The molecule has 110 valence electrons. The van der Waals surface area contributed by atoms with Gasteiger partial charge >= 0.3 is 0 Å².